The maximum Gasteiger partial charge on any atom is 0.210 e. The fourth-order valence-corrected chi connectivity index (χ4v) is 3.55. The van der Waals surface area contributed by atoms with Gasteiger partial charge in [0.2, 0.25) is 5.69 Å². The van der Waals surface area contributed by atoms with Crippen molar-refractivity contribution in [1.29, 1.82) is 0 Å². The van der Waals surface area contributed by atoms with Crippen molar-refractivity contribution in [3.8, 4) is 0 Å². The van der Waals surface area contributed by atoms with Gasteiger partial charge >= 0.3 is 0 Å². The second-order valence-electron chi connectivity index (χ2n) is 6.23. The van der Waals surface area contributed by atoms with Crippen LogP contribution in [0, 0.1) is 0 Å². The number of benzene rings is 2. The fraction of sp³-hybridized carbons (Fsp3) is 0.389. The zero-order valence-electron chi connectivity index (χ0n) is 12.9. The lowest BCUT2D eigenvalue weighted by molar-refractivity contribution is -0.439. The largest absolute Gasteiger partial charge is 0.318 e. The Balaban J connectivity index is 2.15. The van der Waals surface area contributed by atoms with Gasteiger partial charge in [-0.2, -0.15) is 4.58 Å². The Kier molecular flexibility index (Phi) is 3.80. The van der Waals surface area contributed by atoms with Gasteiger partial charge in [-0.1, -0.05) is 24.3 Å². The van der Waals surface area contributed by atoms with Gasteiger partial charge in [0, 0.05) is 25.0 Å². The molecule has 21 heavy (non-hydrogen) atoms. The molecular weight excluding hydrogens is 278 g/mol. The van der Waals surface area contributed by atoms with E-state index in [1.54, 1.807) is 0 Å². The normalized spacial score (nSPS) is 16.6. The van der Waals surface area contributed by atoms with Gasteiger partial charge in [-0.3, -0.25) is 0 Å². The predicted molar refractivity (Wildman–Crippen MR) is 92.0 cm³/mol. The van der Waals surface area contributed by atoms with E-state index >= 15 is 0 Å². The van der Waals surface area contributed by atoms with Crippen molar-refractivity contribution >= 4 is 35.1 Å². The molecule has 2 aromatic rings. The Hall–Kier alpha value is -1.32. The monoisotopic (exact) mass is 300 g/mol. The molecule has 3 heteroatoms. The Morgan fingerprint density at radius 3 is 2.67 bits per heavy atom. The summed E-state index contributed by atoms with van der Waals surface area (Å²) >= 11 is 3.83. The van der Waals surface area contributed by atoms with Crippen LogP contribution in [-0.4, -0.2) is 23.4 Å². The number of hydrogen-bond donors (Lipinski definition) is 1. The minimum absolute atomic E-state index is 0.0675. The standard InChI is InChI=1S/C18H21NOS/c1-13-18(2,3)17-15-8-5-4-7-14(15)9-10-16(17)19(13)11-6-12-20-21/h4-5,7-10H,6,11-12H2,1-3H3/p+1. The van der Waals surface area contributed by atoms with Crippen molar-refractivity contribution in [2.75, 3.05) is 13.2 Å². The molecule has 0 amide bonds. The molecule has 0 spiro atoms. The molecule has 1 aliphatic rings. The first-order chi connectivity index (χ1) is 10.1. The molecule has 0 bridgehead atoms. The lowest BCUT2D eigenvalue weighted by Gasteiger charge is -2.17. The summed E-state index contributed by atoms with van der Waals surface area (Å²) in [4.78, 5) is 0. The van der Waals surface area contributed by atoms with Crippen LogP contribution in [0.5, 0.6) is 0 Å². The van der Waals surface area contributed by atoms with Crippen LogP contribution in [0.15, 0.2) is 36.4 Å². The second-order valence-corrected chi connectivity index (χ2v) is 6.49. The zero-order chi connectivity index (χ0) is 15.0. The highest BCUT2D eigenvalue weighted by Gasteiger charge is 2.43. The quantitative estimate of drug-likeness (QED) is 0.380. The lowest BCUT2D eigenvalue weighted by atomic mass is 9.80. The van der Waals surface area contributed by atoms with Crippen molar-refractivity contribution in [2.24, 2.45) is 0 Å². The smallest absolute Gasteiger partial charge is 0.210 e. The van der Waals surface area contributed by atoms with Crippen LogP contribution >= 0.6 is 12.9 Å². The van der Waals surface area contributed by atoms with Crippen LogP contribution < -0.4 is 0 Å². The SMILES string of the molecule is CC1=[N+](CCCOS)c2ccc3ccccc3c2C1(C)C. The van der Waals surface area contributed by atoms with E-state index in [0.717, 1.165) is 13.0 Å². The Morgan fingerprint density at radius 2 is 1.90 bits per heavy atom. The zero-order valence-corrected chi connectivity index (χ0v) is 13.8. The van der Waals surface area contributed by atoms with Crippen LogP contribution in [-0.2, 0) is 9.60 Å². The van der Waals surface area contributed by atoms with Gasteiger partial charge < -0.3 is 4.18 Å². The van der Waals surface area contributed by atoms with Crippen molar-refractivity contribution in [3.63, 3.8) is 0 Å². The summed E-state index contributed by atoms with van der Waals surface area (Å²) in [5, 5.41) is 2.69. The minimum atomic E-state index is 0.0675. The molecule has 3 rings (SSSR count). The molecule has 0 atom stereocenters. The van der Waals surface area contributed by atoms with Gasteiger partial charge in [0.15, 0.2) is 12.3 Å². The second kappa shape index (κ2) is 5.47. The Labute approximate surface area is 132 Å². The predicted octanol–water partition coefficient (Wildman–Crippen LogP) is 4.49. The molecule has 0 N–H and O–H groups in total. The molecule has 1 heterocycles. The summed E-state index contributed by atoms with van der Waals surface area (Å²) in [6.07, 6.45) is 0.975. The van der Waals surface area contributed by atoms with Crippen molar-refractivity contribution in [1.82, 2.24) is 0 Å². The summed E-state index contributed by atoms with van der Waals surface area (Å²) in [6, 6.07) is 13.2. The van der Waals surface area contributed by atoms with E-state index < -0.39 is 0 Å². The van der Waals surface area contributed by atoms with Crippen LogP contribution in [0.2, 0.25) is 0 Å². The van der Waals surface area contributed by atoms with E-state index in [1.807, 2.05) is 0 Å². The van der Waals surface area contributed by atoms with E-state index in [-0.39, 0.29) is 5.41 Å². The summed E-state index contributed by atoms with van der Waals surface area (Å²) < 4.78 is 7.34. The average molecular weight is 300 g/mol. The van der Waals surface area contributed by atoms with E-state index in [1.165, 1.54) is 27.7 Å². The van der Waals surface area contributed by atoms with Crippen LogP contribution in [0.3, 0.4) is 0 Å². The molecule has 1 aliphatic heterocycles. The summed E-state index contributed by atoms with van der Waals surface area (Å²) in [6.45, 7) is 8.54. The molecular formula is C18H22NOS+. The van der Waals surface area contributed by atoms with Gasteiger partial charge in [-0.15, -0.1) is 0 Å². The fourth-order valence-electron chi connectivity index (χ4n) is 3.42. The highest BCUT2D eigenvalue weighted by molar-refractivity contribution is 7.75. The minimum Gasteiger partial charge on any atom is -0.318 e. The van der Waals surface area contributed by atoms with E-state index in [9.17, 15) is 0 Å². The Morgan fingerprint density at radius 1 is 1.14 bits per heavy atom. The van der Waals surface area contributed by atoms with Gasteiger partial charge in [-0.25, -0.2) is 0 Å². The molecule has 0 saturated heterocycles. The van der Waals surface area contributed by atoms with Crippen molar-refractivity contribution in [2.45, 2.75) is 32.6 Å². The van der Waals surface area contributed by atoms with E-state index in [2.05, 4.69) is 74.7 Å². The van der Waals surface area contributed by atoms with E-state index in [0.29, 0.717) is 6.61 Å². The molecule has 2 nitrogen and oxygen atoms in total. The molecule has 0 fully saturated rings. The van der Waals surface area contributed by atoms with Crippen LogP contribution in [0.1, 0.15) is 32.8 Å². The maximum atomic E-state index is 4.91. The first kappa shape index (κ1) is 14.6. The van der Waals surface area contributed by atoms with E-state index in [4.69, 9.17) is 4.18 Å². The number of fused-ring (bicyclic) bond motifs is 3. The third kappa shape index (κ3) is 2.29. The molecule has 0 unspecified atom stereocenters. The van der Waals surface area contributed by atoms with Gasteiger partial charge in [0.1, 0.15) is 0 Å². The summed E-state index contributed by atoms with van der Waals surface area (Å²) in [7, 11) is 0. The maximum absolute atomic E-state index is 4.91. The molecule has 110 valence electrons. The number of hydrogen-bond acceptors (Lipinski definition) is 2. The van der Waals surface area contributed by atoms with Crippen LogP contribution in [0.25, 0.3) is 10.8 Å². The molecule has 2 aromatic carbocycles. The van der Waals surface area contributed by atoms with Crippen molar-refractivity contribution < 1.29 is 8.76 Å². The number of nitrogens with zero attached hydrogens (tertiary/aromatic N) is 1. The average Bonchev–Trinajstić information content (AvgIpc) is 2.68. The molecule has 0 radical (unpaired) electrons. The molecule has 0 aromatic heterocycles. The van der Waals surface area contributed by atoms with Gasteiger partial charge in [0.05, 0.1) is 12.0 Å². The molecule has 0 saturated carbocycles. The highest BCUT2D eigenvalue weighted by Crippen LogP contribution is 2.43. The van der Waals surface area contributed by atoms with Crippen LogP contribution in [0.4, 0.5) is 5.69 Å². The first-order valence-corrected chi connectivity index (χ1v) is 7.84. The number of rotatable bonds is 4. The van der Waals surface area contributed by atoms with Gasteiger partial charge in [-0.05, 0) is 43.6 Å². The van der Waals surface area contributed by atoms with Gasteiger partial charge in [0.25, 0.3) is 0 Å². The van der Waals surface area contributed by atoms with Crippen molar-refractivity contribution in [3.05, 3.63) is 42.0 Å². The molecule has 0 aliphatic carbocycles. The first-order valence-electron chi connectivity index (χ1n) is 7.47. The summed E-state index contributed by atoms with van der Waals surface area (Å²) in [5.41, 5.74) is 4.27. The highest BCUT2D eigenvalue weighted by atomic mass is 32.1. The number of thiol groups is 1. The summed E-state index contributed by atoms with van der Waals surface area (Å²) in [5.74, 6) is 0. The topological polar surface area (TPSA) is 12.2 Å². The Bertz CT molecular complexity index is 718. The third-order valence-corrected chi connectivity index (χ3v) is 4.93. The lowest BCUT2D eigenvalue weighted by Crippen LogP contribution is -2.27. The third-order valence-electron chi connectivity index (χ3n) is 4.75.